The molecular formula is C23H18B2Cl5N3O4. The van der Waals surface area contributed by atoms with E-state index < -0.39 is 39.9 Å². The second kappa shape index (κ2) is 7.96. The minimum Gasteiger partial charge on any atom is -0.494 e. The van der Waals surface area contributed by atoms with Gasteiger partial charge in [0.15, 0.2) is 5.75 Å². The number of hydrogen-bond donors (Lipinski definition) is 1. The van der Waals surface area contributed by atoms with Crippen LogP contribution in [0, 0.1) is 0 Å². The Morgan fingerprint density at radius 2 is 1.65 bits per heavy atom. The third-order valence-corrected chi connectivity index (χ3v) is 10.2. The van der Waals surface area contributed by atoms with Gasteiger partial charge in [-0.15, -0.1) is 11.6 Å². The molecule has 0 aliphatic carbocycles. The van der Waals surface area contributed by atoms with Crippen molar-refractivity contribution < 1.29 is 19.1 Å². The van der Waals surface area contributed by atoms with Crippen LogP contribution >= 0.6 is 58.0 Å². The maximum absolute atomic E-state index is 14.6. The average Bonchev–Trinajstić information content (AvgIpc) is 3.43. The van der Waals surface area contributed by atoms with Crippen molar-refractivity contribution in [2.24, 2.45) is 0 Å². The van der Waals surface area contributed by atoms with Crippen molar-refractivity contribution in [3.8, 4) is 5.75 Å². The number of benzene rings is 2. The van der Waals surface area contributed by atoms with Crippen LogP contribution < -0.4 is 15.0 Å². The summed E-state index contributed by atoms with van der Waals surface area (Å²) in [6.07, 6.45) is 0.406. The summed E-state index contributed by atoms with van der Waals surface area (Å²) in [5, 5.41) is 0.472. The molecule has 6 rings (SSSR count). The van der Waals surface area contributed by atoms with E-state index in [4.69, 9.17) is 62.7 Å². The van der Waals surface area contributed by atoms with E-state index in [0.717, 1.165) is 4.90 Å². The summed E-state index contributed by atoms with van der Waals surface area (Å²) in [4.78, 5) is 46.0. The van der Waals surface area contributed by atoms with Crippen molar-refractivity contribution in [2.75, 3.05) is 23.9 Å². The summed E-state index contributed by atoms with van der Waals surface area (Å²) >= 11 is 32.3. The topological polar surface area (TPSA) is 78.9 Å². The van der Waals surface area contributed by atoms with Crippen LogP contribution in [-0.2, 0) is 19.9 Å². The number of carbonyl (C=O) groups excluding carboxylic acids is 3. The first-order chi connectivity index (χ1) is 17.3. The second-order valence-corrected chi connectivity index (χ2v) is 12.5. The van der Waals surface area contributed by atoms with Crippen LogP contribution in [0.3, 0.4) is 0 Å². The van der Waals surface area contributed by atoms with Gasteiger partial charge >= 0.3 is 0 Å². The number of fused-ring (bicyclic) bond motifs is 7. The van der Waals surface area contributed by atoms with Crippen molar-refractivity contribution in [1.82, 2.24) is 4.90 Å². The zero-order valence-electron chi connectivity index (χ0n) is 19.8. The van der Waals surface area contributed by atoms with Gasteiger partial charge in [-0.1, -0.05) is 46.4 Å². The Hall–Kier alpha value is -1.61. The molecule has 3 amide bonds. The van der Waals surface area contributed by atoms with Gasteiger partial charge < -0.3 is 10.1 Å². The van der Waals surface area contributed by atoms with Gasteiger partial charge in [-0.25, -0.2) is 0 Å². The molecule has 0 radical (unpaired) electrons. The smallest absolute Gasteiger partial charge is 0.250 e. The maximum atomic E-state index is 14.6. The number of rotatable bonds is 2. The Morgan fingerprint density at radius 1 is 1.00 bits per heavy atom. The van der Waals surface area contributed by atoms with Crippen LogP contribution in [-0.4, -0.2) is 63.4 Å². The average molecular weight is 599 g/mol. The minimum atomic E-state index is -1.58. The number of ether oxygens (including phenoxy) is 1. The summed E-state index contributed by atoms with van der Waals surface area (Å²) in [6.45, 7) is 0.301. The number of nitrogens with one attached hydrogen (secondary N) is 1. The van der Waals surface area contributed by atoms with E-state index in [-0.39, 0.29) is 31.9 Å². The number of nitrogens with zero attached hydrogens (tertiary/aromatic N) is 2. The first kappa shape index (κ1) is 25.7. The fraction of sp³-hybridized carbons (Fsp3) is 0.348. The van der Waals surface area contributed by atoms with Crippen molar-refractivity contribution in [3.63, 3.8) is 0 Å². The number of hydrogen-bond acceptors (Lipinski definition) is 5. The van der Waals surface area contributed by atoms with Crippen LogP contribution in [0.25, 0.3) is 0 Å². The van der Waals surface area contributed by atoms with E-state index >= 15 is 0 Å². The van der Waals surface area contributed by atoms with Crippen molar-refractivity contribution in [1.29, 1.82) is 0 Å². The lowest BCUT2D eigenvalue weighted by molar-refractivity contribution is -0.134. The normalized spacial score (nSPS) is 34.2. The molecule has 190 valence electrons. The zero-order valence-corrected chi connectivity index (χ0v) is 23.6. The molecule has 4 heterocycles. The van der Waals surface area contributed by atoms with Gasteiger partial charge in [0.1, 0.15) is 21.2 Å². The van der Waals surface area contributed by atoms with Crippen LogP contribution in [0.1, 0.15) is 12.0 Å². The molecular weight excluding hydrogens is 581 g/mol. The Bertz CT molecular complexity index is 1440. The van der Waals surface area contributed by atoms with Crippen molar-refractivity contribution in [2.45, 2.75) is 34.0 Å². The van der Waals surface area contributed by atoms with E-state index in [9.17, 15) is 14.4 Å². The molecule has 0 aromatic heterocycles. The number of halogens is 5. The van der Waals surface area contributed by atoms with Gasteiger partial charge in [-0.2, -0.15) is 0 Å². The van der Waals surface area contributed by atoms with Crippen molar-refractivity contribution in [3.05, 3.63) is 49.9 Å². The molecule has 3 fully saturated rings. The Kier molecular flexibility index (Phi) is 5.52. The fourth-order valence-electron chi connectivity index (χ4n) is 7.18. The van der Waals surface area contributed by atoms with Gasteiger partial charge in [0.05, 0.1) is 38.9 Å². The lowest BCUT2D eigenvalue weighted by Gasteiger charge is -2.43. The van der Waals surface area contributed by atoms with Gasteiger partial charge in [0.2, 0.25) is 17.7 Å². The van der Waals surface area contributed by atoms with Crippen LogP contribution in [0.15, 0.2) is 24.3 Å². The molecule has 2 aromatic rings. The summed E-state index contributed by atoms with van der Waals surface area (Å²) in [6, 6.07) is 5.56. The van der Waals surface area contributed by atoms with E-state index in [2.05, 4.69) is 5.32 Å². The van der Waals surface area contributed by atoms with Gasteiger partial charge in [-0.05, 0) is 30.7 Å². The first-order valence-corrected chi connectivity index (χ1v) is 13.4. The SMILES string of the molecule is BC12C(=O)N(c3cc(Cl)c(OC)c(Cl)c3)C(=O)C1(B)C1(C(=O)Nc3c(Cl)cc(Cl)cc31)N1C[C@@H](Cl)CC12. The van der Waals surface area contributed by atoms with E-state index in [0.29, 0.717) is 29.2 Å². The summed E-state index contributed by atoms with van der Waals surface area (Å²) in [7, 11) is 4.82. The van der Waals surface area contributed by atoms with Gasteiger partial charge in [0.25, 0.3) is 0 Å². The predicted octanol–water partition coefficient (Wildman–Crippen LogP) is 3.31. The van der Waals surface area contributed by atoms with Crippen LogP contribution in [0.5, 0.6) is 5.75 Å². The number of imide groups is 1. The molecule has 3 saturated heterocycles. The molecule has 0 bridgehead atoms. The molecule has 4 aliphatic heterocycles. The highest BCUT2D eigenvalue weighted by Gasteiger charge is 2.85. The summed E-state index contributed by atoms with van der Waals surface area (Å²) in [5.74, 6) is -1.26. The van der Waals surface area contributed by atoms with E-state index in [1.807, 2.05) is 4.90 Å². The molecule has 4 unspecified atom stereocenters. The van der Waals surface area contributed by atoms with E-state index in [1.54, 1.807) is 21.8 Å². The Balaban J connectivity index is 1.65. The summed E-state index contributed by atoms with van der Waals surface area (Å²) in [5.41, 5.74) is -0.576. The number of anilines is 2. The fourth-order valence-corrected chi connectivity index (χ4v) is 8.67. The van der Waals surface area contributed by atoms with Gasteiger partial charge in [0, 0.05) is 33.9 Å². The molecule has 5 atom stereocenters. The predicted molar refractivity (Wildman–Crippen MR) is 150 cm³/mol. The highest BCUT2D eigenvalue weighted by atomic mass is 35.5. The standard InChI is InChI=1S/C23H18B2Cl5N3O4/c1-37-17-13(29)5-10(6-14(17)30)33-19(35)21(24)15-4-9(27)7-32(15)22(23(21,25)20(33)36)11-2-8(26)3-12(28)16(11)31-18(22)34/h2-3,5-6,9,15H,4,7,24-25H2,1H3,(H,31,34)/t9-,15?,21?,22?,23?/m0/s1. The molecule has 7 nitrogen and oxygen atoms in total. The lowest BCUT2D eigenvalue weighted by Crippen LogP contribution is -2.57. The quantitative estimate of drug-likeness (QED) is 0.326. The third-order valence-electron chi connectivity index (χ3n) is 8.85. The monoisotopic (exact) mass is 597 g/mol. The van der Waals surface area contributed by atoms with E-state index in [1.165, 1.54) is 25.3 Å². The highest BCUT2D eigenvalue weighted by molar-refractivity contribution is 6.56. The molecule has 14 heteroatoms. The first-order valence-electron chi connectivity index (χ1n) is 11.5. The number of carbonyl (C=O) groups is 3. The van der Waals surface area contributed by atoms with Gasteiger partial charge in [-0.3, -0.25) is 24.2 Å². The highest BCUT2D eigenvalue weighted by Crippen LogP contribution is 2.78. The largest absolute Gasteiger partial charge is 0.494 e. The Morgan fingerprint density at radius 3 is 2.27 bits per heavy atom. The molecule has 0 saturated carbocycles. The zero-order chi connectivity index (χ0) is 26.8. The number of amides is 3. The third kappa shape index (κ3) is 2.76. The summed E-state index contributed by atoms with van der Waals surface area (Å²) < 4.78 is 5.23. The number of alkyl halides is 1. The molecule has 1 spiro atoms. The number of methoxy groups -OCH3 is 1. The lowest BCUT2D eigenvalue weighted by atomic mass is 9.39. The molecule has 1 N–H and O–H groups in total. The molecule has 4 aliphatic rings. The second-order valence-electron chi connectivity index (χ2n) is 10.2. The molecule has 2 aromatic carbocycles. The maximum Gasteiger partial charge on any atom is 0.250 e. The van der Waals surface area contributed by atoms with Crippen LogP contribution in [0.4, 0.5) is 11.4 Å². The van der Waals surface area contributed by atoms with Crippen molar-refractivity contribution >= 4 is 103 Å². The molecule has 37 heavy (non-hydrogen) atoms. The minimum absolute atomic E-state index is 0.138. The Labute approximate surface area is 239 Å². The van der Waals surface area contributed by atoms with Crippen LogP contribution in [0.2, 0.25) is 30.7 Å².